The molecule has 1 N–H and O–H groups in total. The molecule has 0 saturated heterocycles. The lowest BCUT2D eigenvalue weighted by molar-refractivity contribution is 0.0955. The predicted molar refractivity (Wildman–Crippen MR) is 121 cm³/mol. The minimum absolute atomic E-state index is 0.276. The molecule has 1 aliphatic heterocycles. The smallest absolute Gasteiger partial charge is 0.271 e. The number of ether oxygens (including phenoxy) is 1. The van der Waals surface area contributed by atoms with E-state index < -0.39 is 0 Å². The zero-order valence-electron chi connectivity index (χ0n) is 16.2. The molecule has 1 amide bonds. The van der Waals surface area contributed by atoms with Gasteiger partial charge in [0.25, 0.3) is 5.91 Å². The number of amides is 1. The van der Waals surface area contributed by atoms with Gasteiger partial charge in [-0.2, -0.15) is 5.10 Å². The Kier molecular flexibility index (Phi) is 5.93. The van der Waals surface area contributed by atoms with Crippen molar-refractivity contribution in [3.8, 4) is 5.75 Å². The summed E-state index contributed by atoms with van der Waals surface area (Å²) in [6.07, 6.45) is 1.50. The molecule has 3 aromatic rings. The third-order valence-electron chi connectivity index (χ3n) is 4.96. The third kappa shape index (κ3) is 4.42. The zero-order valence-corrected chi connectivity index (χ0v) is 17.7. The lowest BCUT2D eigenvalue weighted by Crippen LogP contribution is -2.18. The Balaban J connectivity index is 1.42. The molecule has 1 aliphatic rings. The van der Waals surface area contributed by atoms with Gasteiger partial charge >= 0.3 is 0 Å². The largest absolute Gasteiger partial charge is 0.497 e. The molecule has 5 nitrogen and oxygen atoms in total. The fraction of sp³-hybridized carbons (Fsp3) is 0.130. The first-order valence-corrected chi connectivity index (χ1v) is 10.1. The highest BCUT2D eigenvalue weighted by atomic mass is 35.5. The average Bonchev–Trinajstić information content (AvgIpc) is 3.18. The number of hydrogen-bond donors (Lipinski definition) is 1. The van der Waals surface area contributed by atoms with E-state index in [1.165, 1.54) is 11.8 Å². The van der Waals surface area contributed by atoms with Crippen molar-refractivity contribution < 1.29 is 9.53 Å². The van der Waals surface area contributed by atoms with Gasteiger partial charge < -0.3 is 9.64 Å². The normalized spacial score (nSPS) is 12.8. The van der Waals surface area contributed by atoms with Gasteiger partial charge in [-0.1, -0.05) is 35.3 Å². The highest BCUT2D eigenvalue weighted by molar-refractivity contribution is 6.36. The van der Waals surface area contributed by atoms with Crippen LogP contribution in [-0.4, -0.2) is 19.2 Å². The van der Waals surface area contributed by atoms with Crippen LogP contribution in [0.15, 0.2) is 65.8 Å². The Hall–Kier alpha value is -3.02. The van der Waals surface area contributed by atoms with Crippen LogP contribution in [0.2, 0.25) is 10.0 Å². The molecule has 3 aromatic carbocycles. The first kappa shape index (κ1) is 20.3. The van der Waals surface area contributed by atoms with Crippen LogP contribution in [0.4, 0.5) is 5.69 Å². The van der Waals surface area contributed by atoms with Gasteiger partial charge in [0.2, 0.25) is 0 Å². The van der Waals surface area contributed by atoms with Crippen molar-refractivity contribution in [2.45, 2.75) is 13.1 Å². The van der Waals surface area contributed by atoms with Gasteiger partial charge in [-0.05, 0) is 59.7 Å². The van der Waals surface area contributed by atoms with Crippen LogP contribution in [-0.2, 0) is 13.1 Å². The molecular weight excluding hydrogens is 421 g/mol. The summed E-state index contributed by atoms with van der Waals surface area (Å²) in [5.74, 6) is 0.553. The van der Waals surface area contributed by atoms with Gasteiger partial charge in [0.15, 0.2) is 0 Å². The first-order valence-electron chi connectivity index (χ1n) is 9.33. The Morgan fingerprint density at radius 1 is 1.03 bits per heavy atom. The predicted octanol–water partition coefficient (Wildman–Crippen LogP) is 5.29. The molecule has 0 aromatic heterocycles. The second-order valence-electron chi connectivity index (χ2n) is 6.90. The summed E-state index contributed by atoms with van der Waals surface area (Å²) in [6, 6.07) is 18.8. The van der Waals surface area contributed by atoms with E-state index in [4.69, 9.17) is 27.9 Å². The summed E-state index contributed by atoms with van der Waals surface area (Å²) >= 11 is 12.0. The van der Waals surface area contributed by atoms with Crippen LogP contribution in [0.1, 0.15) is 27.0 Å². The number of carbonyl (C=O) groups excluding carboxylic acids is 1. The second-order valence-corrected chi connectivity index (χ2v) is 7.75. The molecule has 4 rings (SSSR count). The van der Waals surface area contributed by atoms with Crippen LogP contribution in [0.3, 0.4) is 0 Å². The number of nitrogens with one attached hydrogen (secondary N) is 1. The summed E-state index contributed by atoms with van der Waals surface area (Å²) < 4.78 is 5.22. The monoisotopic (exact) mass is 439 g/mol. The highest BCUT2D eigenvalue weighted by Crippen LogP contribution is 2.30. The van der Waals surface area contributed by atoms with Gasteiger partial charge in [-0.15, -0.1) is 0 Å². The molecule has 1 heterocycles. The van der Waals surface area contributed by atoms with E-state index in [0.717, 1.165) is 30.1 Å². The maximum absolute atomic E-state index is 12.5. The van der Waals surface area contributed by atoms with Crippen LogP contribution in [0.5, 0.6) is 5.75 Å². The molecule has 7 heteroatoms. The average molecular weight is 440 g/mol. The second kappa shape index (κ2) is 8.78. The quantitative estimate of drug-likeness (QED) is 0.434. The van der Waals surface area contributed by atoms with Crippen molar-refractivity contribution in [1.29, 1.82) is 0 Å². The summed E-state index contributed by atoms with van der Waals surface area (Å²) in [4.78, 5) is 14.7. The summed E-state index contributed by atoms with van der Waals surface area (Å²) in [5, 5.41) is 5.02. The number of methoxy groups -OCH3 is 1. The highest BCUT2D eigenvalue weighted by Gasteiger charge is 2.20. The van der Waals surface area contributed by atoms with Crippen molar-refractivity contribution in [3.63, 3.8) is 0 Å². The number of hydrazone groups is 1. The fourth-order valence-electron chi connectivity index (χ4n) is 3.34. The van der Waals surface area contributed by atoms with E-state index in [1.807, 2.05) is 42.5 Å². The number of rotatable bonds is 5. The maximum Gasteiger partial charge on any atom is 0.271 e. The summed E-state index contributed by atoms with van der Waals surface area (Å²) in [7, 11) is 1.65. The minimum Gasteiger partial charge on any atom is -0.497 e. The number of benzene rings is 3. The van der Waals surface area contributed by atoms with Gasteiger partial charge in [0.05, 0.1) is 18.3 Å². The molecule has 0 radical (unpaired) electrons. The Bertz CT molecular complexity index is 1110. The Morgan fingerprint density at radius 2 is 1.80 bits per heavy atom. The van der Waals surface area contributed by atoms with Gasteiger partial charge in [-0.25, -0.2) is 5.43 Å². The lowest BCUT2D eigenvalue weighted by Gasteiger charge is -2.17. The van der Waals surface area contributed by atoms with E-state index in [0.29, 0.717) is 21.2 Å². The van der Waals surface area contributed by atoms with Crippen LogP contribution in [0, 0.1) is 0 Å². The van der Waals surface area contributed by atoms with Crippen molar-refractivity contribution >= 4 is 41.0 Å². The van der Waals surface area contributed by atoms with Gasteiger partial charge in [-0.3, -0.25) is 4.79 Å². The number of fused-ring (bicyclic) bond motifs is 1. The molecule has 152 valence electrons. The van der Waals surface area contributed by atoms with E-state index in [1.54, 1.807) is 25.3 Å². The van der Waals surface area contributed by atoms with Crippen LogP contribution in [0.25, 0.3) is 0 Å². The Morgan fingerprint density at radius 3 is 2.53 bits per heavy atom. The van der Waals surface area contributed by atoms with Crippen molar-refractivity contribution in [3.05, 3.63) is 93.0 Å². The van der Waals surface area contributed by atoms with Crippen LogP contribution < -0.4 is 15.1 Å². The Labute approximate surface area is 184 Å². The van der Waals surface area contributed by atoms with Crippen molar-refractivity contribution in [2.75, 3.05) is 12.0 Å². The lowest BCUT2D eigenvalue weighted by atomic mass is 10.1. The maximum atomic E-state index is 12.5. The zero-order chi connectivity index (χ0) is 21.1. The van der Waals surface area contributed by atoms with E-state index in [9.17, 15) is 4.79 Å². The minimum atomic E-state index is -0.276. The first-order chi connectivity index (χ1) is 14.5. The van der Waals surface area contributed by atoms with Crippen LogP contribution >= 0.6 is 23.2 Å². The number of hydrogen-bond acceptors (Lipinski definition) is 4. The van der Waals surface area contributed by atoms with Crippen molar-refractivity contribution in [2.24, 2.45) is 5.10 Å². The standard InChI is InChI=1S/C23H19Cl2N3O2/c1-30-21-8-6-20(7-9-21)28-13-17-3-2-15(10-18(17)14-28)23(29)27-26-12-16-4-5-19(24)11-22(16)25/h2-12H,13-14H2,1H3,(H,27,29). The van der Waals surface area contributed by atoms with E-state index >= 15 is 0 Å². The number of nitrogens with zero attached hydrogens (tertiary/aromatic N) is 2. The molecule has 0 unspecified atom stereocenters. The van der Waals surface area contributed by atoms with Gasteiger partial charge in [0, 0.05) is 34.9 Å². The number of anilines is 1. The van der Waals surface area contributed by atoms with Gasteiger partial charge in [0.1, 0.15) is 5.75 Å². The molecule has 0 saturated carbocycles. The SMILES string of the molecule is COc1ccc(N2Cc3ccc(C(=O)NN=Cc4ccc(Cl)cc4Cl)cc3C2)cc1. The topological polar surface area (TPSA) is 53.9 Å². The molecule has 0 spiro atoms. The fourth-order valence-corrected chi connectivity index (χ4v) is 3.80. The van der Waals surface area contributed by atoms with E-state index in [-0.39, 0.29) is 5.91 Å². The van der Waals surface area contributed by atoms with E-state index in [2.05, 4.69) is 15.4 Å². The molecule has 0 atom stereocenters. The summed E-state index contributed by atoms with van der Waals surface area (Å²) in [5.41, 5.74) is 7.23. The molecular formula is C23H19Cl2N3O2. The number of carbonyl (C=O) groups is 1. The molecule has 0 bridgehead atoms. The summed E-state index contributed by atoms with van der Waals surface area (Å²) in [6.45, 7) is 1.54. The van der Waals surface area contributed by atoms with Crippen molar-refractivity contribution in [1.82, 2.24) is 5.43 Å². The molecule has 30 heavy (non-hydrogen) atoms. The third-order valence-corrected chi connectivity index (χ3v) is 5.52. The molecule has 0 aliphatic carbocycles. The molecule has 0 fully saturated rings. The number of halogens is 2.